The Hall–Kier alpha value is -1.07. The van der Waals surface area contributed by atoms with E-state index < -0.39 is 5.54 Å². The Morgan fingerprint density at radius 2 is 2.15 bits per heavy atom. The van der Waals surface area contributed by atoms with Gasteiger partial charge in [-0.2, -0.15) is 5.10 Å². The van der Waals surface area contributed by atoms with Crippen molar-refractivity contribution >= 4 is 18.3 Å². The average molecular weight is 299 g/mol. The summed E-state index contributed by atoms with van der Waals surface area (Å²) in [7, 11) is 1.96. The van der Waals surface area contributed by atoms with Gasteiger partial charge < -0.3 is 11.1 Å². The monoisotopic (exact) mass is 298 g/mol. The minimum absolute atomic E-state index is 0. The predicted molar refractivity (Wildman–Crippen MR) is 79.7 cm³/mol. The predicted octanol–water partition coefficient (Wildman–Crippen LogP) is 1.61. The quantitative estimate of drug-likeness (QED) is 0.871. The molecule has 6 heteroatoms. The van der Waals surface area contributed by atoms with Gasteiger partial charge in [-0.15, -0.1) is 12.4 Å². The smallest absolute Gasteiger partial charge is 0.240 e. The lowest BCUT2D eigenvalue weighted by molar-refractivity contribution is -0.127. The summed E-state index contributed by atoms with van der Waals surface area (Å²) in [6.07, 6.45) is 8.76. The van der Waals surface area contributed by atoms with E-state index in [1.165, 1.54) is 11.3 Å². The van der Waals surface area contributed by atoms with Crippen LogP contribution in [0.4, 0.5) is 0 Å². The molecule has 1 heterocycles. The molecule has 0 saturated heterocycles. The fraction of sp³-hybridized carbons (Fsp3) is 0.714. The molecule has 0 aliphatic heterocycles. The molecule has 0 spiro atoms. The third-order valence-electron chi connectivity index (χ3n) is 4.63. The molecule has 20 heavy (non-hydrogen) atoms. The molecule has 0 radical (unpaired) electrons. The van der Waals surface area contributed by atoms with Crippen LogP contribution in [0.5, 0.6) is 0 Å². The van der Waals surface area contributed by atoms with Gasteiger partial charge in [0.1, 0.15) is 0 Å². The van der Waals surface area contributed by atoms with Crippen molar-refractivity contribution in [3.8, 4) is 0 Å². The topological polar surface area (TPSA) is 72.9 Å². The number of hydrogen-bond acceptors (Lipinski definition) is 3. The molecule has 3 N–H and O–H groups in total. The number of aryl methyl sites for hydroxylation is 1. The Morgan fingerprint density at radius 1 is 1.45 bits per heavy atom. The van der Waals surface area contributed by atoms with Gasteiger partial charge in [-0.05, 0) is 32.1 Å². The summed E-state index contributed by atoms with van der Waals surface area (Å²) < 4.78 is 1.92. The van der Waals surface area contributed by atoms with E-state index in [0.29, 0.717) is 0 Å². The van der Waals surface area contributed by atoms with Crippen molar-refractivity contribution in [3.05, 3.63) is 17.5 Å². The van der Waals surface area contributed by atoms with Crippen molar-refractivity contribution in [1.29, 1.82) is 0 Å². The van der Waals surface area contributed by atoms with Crippen molar-refractivity contribution < 1.29 is 4.79 Å². The van der Waals surface area contributed by atoms with E-state index in [1.807, 2.05) is 17.9 Å². The van der Waals surface area contributed by atoms with Crippen molar-refractivity contribution in [2.45, 2.75) is 56.5 Å². The van der Waals surface area contributed by atoms with Crippen LogP contribution in [0.1, 0.15) is 55.8 Å². The SMILES string of the molecule is Cl.Cn1ncc2c1CCCC2NC(=O)C1(N)CCCC1. The summed E-state index contributed by atoms with van der Waals surface area (Å²) >= 11 is 0. The Kier molecular flexibility index (Phi) is 4.39. The number of halogens is 1. The Balaban J connectivity index is 0.00000147. The first-order valence-electron chi connectivity index (χ1n) is 7.21. The van der Waals surface area contributed by atoms with E-state index in [9.17, 15) is 4.79 Å². The molecule has 5 nitrogen and oxygen atoms in total. The number of hydrogen-bond donors (Lipinski definition) is 2. The van der Waals surface area contributed by atoms with Crippen LogP contribution in [-0.2, 0) is 18.3 Å². The lowest BCUT2D eigenvalue weighted by atomic mass is 9.91. The number of nitrogens with one attached hydrogen (secondary N) is 1. The van der Waals surface area contributed by atoms with Gasteiger partial charge in [-0.3, -0.25) is 9.48 Å². The largest absolute Gasteiger partial charge is 0.348 e. The highest BCUT2D eigenvalue weighted by atomic mass is 35.5. The zero-order valence-corrected chi connectivity index (χ0v) is 12.7. The van der Waals surface area contributed by atoms with Gasteiger partial charge in [0.2, 0.25) is 5.91 Å². The fourth-order valence-corrected chi connectivity index (χ4v) is 3.39. The minimum atomic E-state index is -0.639. The zero-order valence-electron chi connectivity index (χ0n) is 11.9. The maximum atomic E-state index is 12.4. The molecule has 0 bridgehead atoms. The standard InChI is InChI=1S/C14H22N4O.ClH/c1-18-12-6-4-5-11(10(12)9-16-18)17-13(19)14(15)7-2-3-8-14;/h9,11H,2-8,15H2,1H3,(H,17,19);1H. The van der Waals surface area contributed by atoms with Crippen LogP contribution in [0, 0.1) is 0 Å². The minimum Gasteiger partial charge on any atom is -0.348 e. The molecule has 0 aromatic carbocycles. The van der Waals surface area contributed by atoms with Crippen LogP contribution in [-0.4, -0.2) is 21.2 Å². The van der Waals surface area contributed by atoms with Gasteiger partial charge in [-0.1, -0.05) is 12.8 Å². The summed E-state index contributed by atoms with van der Waals surface area (Å²) in [5.74, 6) is 0.0201. The fourth-order valence-electron chi connectivity index (χ4n) is 3.39. The van der Waals surface area contributed by atoms with E-state index in [4.69, 9.17) is 5.73 Å². The van der Waals surface area contributed by atoms with Crippen molar-refractivity contribution in [3.63, 3.8) is 0 Å². The molecule has 1 fully saturated rings. The Labute approximate surface area is 125 Å². The first-order valence-corrected chi connectivity index (χ1v) is 7.21. The molecular formula is C14H23ClN4O. The number of rotatable bonds is 2. The summed E-state index contributed by atoms with van der Waals surface area (Å²) in [6, 6.07) is 0.0889. The van der Waals surface area contributed by atoms with Gasteiger partial charge in [0.05, 0.1) is 17.8 Å². The highest BCUT2D eigenvalue weighted by molar-refractivity contribution is 5.86. The summed E-state index contributed by atoms with van der Waals surface area (Å²) in [4.78, 5) is 12.4. The maximum absolute atomic E-state index is 12.4. The van der Waals surface area contributed by atoms with Crippen LogP contribution < -0.4 is 11.1 Å². The molecule has 1 amide bonds. The van der Waals surface area contributed by atoms with Crippen LogP contribution in [0.15, 0.2) is 6.20 Å². The molecule has 2 aliphatic rings. The number of aromatic nitrogens is 2. The zero-order chi connectivity index (χ0) is 13.5. The van der Waals surface area contributed by atoms with Crippen molar-refractivity contribution in [2.75, 3.05) is 0 Å². The van der Waals surface area contributed by atoms with Crippen LogP contribution in [0.3, 0.4) is 0 Å². The first kappa shape index (κ1) is 15.3. The summed E-state index contributed by atoms with van der Waals surface area (Å²) in [6.45, 7) is 0. The van der Waals surface area contributed by atoms with E-state index in [2.05, 4.69) is 10.4 Å². The highest BCUT2D eigenvalue weighted by Crippen LogP contribution is 2.32. The molecule has 1 aromatic heterocycles. The molecular weight excluding hydrogens is 276 g/mol. The number of carbonyl (C=O) groups excluding carboxylic acids is 1. The molecule has 1 atom stereocenters. The van der Waals surface area contributed by atoms with Gasteiger partial charge in [0, 0.05) is 18.3 Å². The average Bonchev–Trinajstić information content (AvgIpc) is 2.99. The number of carbonyl (C=O) groups is 1. The van der Waals surface area contributed by atoms with Crippen molar-refractivity contribution in [1.82, 2.24) is 15.1 Å². The van der Waals surface area contributed by atoms with Gasteiger partial charge in [-0.25, -0.2) is 0 Å². The summed E-state index contributed by atoms with van der Waals surface area (Å²) in [5.41, 5.74) is 7.99. The Morgan fingerprint density at radius 3 is 2.85 bits per heavy atom. The second-order valence-electron chi connectivity index (χ2n) is 5.95. The van der Waals surface area contributed by atoms with E-state index in [-0.39, 0.29) is 24.4 Å². The molecule has 1 unspecified atom stereocenters. The third kappa shape index (κ3) is 2.56. The third-order valence-corrected chi connectivity index (χ3v) is 4.63. The van der Waals surface area contributed by atoms with E-state index in [1.54, 1.807) is 0 Å². The molecule has 1 aromatic rings. The van der Waals surface area contributed by atoms with Crippen LogP contribution in [0.25, 0.3) is 0 Å². The Bertz CT molecular complexity index is 493. The molecule has 3 rings (SSSR count). The number of fused-ring (bicyclic) bond motifs is 1. The molecule has 112 valence electrons. The summed E-state index contributed by atoms with van der Waals surface area (Å²) in [5, 5.41) is 7.46. The maximum Gasteiger partial charge on any atom is 0.240 e. The molecule has 1 saturated carbocycles. The lowest BCUT2D eigenvalue weighted by Crippen LogP contribution is -2.52. The number of nitrogens with two attached hydrogens (primary N) is 1. The van der Waals surface area contributed by atoms with Gasteiger partial charge in [0.15, 0.2) is 0 Å². The second-order valence-corrected chi connectivity index (χ2v) is 5.95. The van der Waals surface area contributed by atoms with E-state index in [0.717, 1.165) is 44.9 Å². The van der Waals surface area contributed by atoms with E-state index >= 15 is 0 Å². The van der Waals surface area contributed by atoms with Crippen LogP contribution >= 0.6 is 12.4 Å². The normalized spacial score (nSPS) is 23.8. The van der Waals surface area contributed by atoms with Gasteiger partial charge in [0.25, 0.3) is 0 Å². The second kappa shape index (κ2) is 5.74. The van der Waals surface area contributed by atoms with Gasteiger partial charge >= 0.3 is 0 Å². The number of nitrogens with zero attached hydrogens (tertiary/aromatic N) is 2. The van der Waals surface area contributed by atoms with Crippen molar-refractivity contribution in [2.24, 2.45) is 12.8 Å². The lowest BCUT2D eigenvalue weighted by Gasteiger charge is -2.29. The molecule has 2 aliphatic carbocycles. The van der Waals surface area contributed by atoms with Crippen LogP contribution in [0.2, 0.25) is 0 Å². The number of amides is 1. The highest BCUT2D eigenvalue weighted by Gasteiger charge is 2.38. The first-order chi connectivity index (χ1) is 9.10.